The zero-order chi connectivity index (χ0) is 13.1. The van der Waals surface area contributed by atoms with Gasteiger partial charge in [0, 0.05) is 11.6 Å². The average Bonchev–Trinajstić information content (AvgIpc) is 2.85. The third kappa shape index (κ3) is 2.53. The van der Waals surface area contributed by atoms with Crippen LogP contribution >= 0.6 is 0 Å². The maximum atomic E-state index is 12.0. The minimum absolute atomic E-state index is 0.0122. The van der Waals surface area contributed by atoms with Crippen molar-refractivity contribution in [3.8, 4) is 0 Å². The number of carboxylic acids is 1. The third-order valence-corrected chi connectivity index (χ3v) is 3.55. The molecule has 1 aromatic rings. The van der Waals surface area contributed by atoms with E-state index in [0.717, 1.165) is 25.7 Å². The number of amides is 1. The van der Waals surface area contributed by atoms with Gasteiger partial charge in [-0.25, -0.2) is 4.79 Å². The summed E-state index contributed by atoms with van der Waals surface area (Å²) in [6.45, 7) is 1.72. The Morgan fingerprint density at radius 3 is 2.56 bits per heavy atom. The van der Waals surface area contributed by atoms with Crippen LogP contribution in [0, 0.1) is 12.8 Å². The second kappa shape index (κ2) is 5.21. The molecule has 0 radical (unpaired) electrons. The van der Waals surface area contributed by atoms with Crippen LogP contribution in [0.25, 0.3) is 0 Å². The van der Waals surface area contributed by atoms with Gasteiger partial charge in [0.15, 0.2) is 0 Å². The molecule has 2 N–H and O–H groups in total. The lowest BCUT2D eigenvalue weighted by Gasteiger charge is -2.13. The Morgan fingerprint density at radius 1 is 1.28 bits per heavy atom. The maximum Gasteiger partial charge on any atom is 0.336 e. The molecular formula is C14H17NO3. The van der Waals surface area contributed by atoms with Crippen molar-refractivity contribution in [1.29, 1.82) is 0 Å². The highest BCUT2D eigenvalue weighted by Crippen LogP contribution is 2.27. The molecule has 18 heavy (non-hydrogen) atoms. The highest BCUT2D eigenvalue weighted by molar-refractivity contribution is 5.96. The summed E-state index contributed by atoms with van der Waals surface area (Å²) in [5.41, 5.74) is 1.45. The van der Waals surface area contributed by atoms with Crippen molar-refractivity contribution in [2.75, 3.05) is 5.32 Å². The molecule has 96 valence electrons. The number of hydrogen-bond acceptors (Lipinski definition) is 2. The fourth-order valence-electron chi connectivity index (χ4n) is 2.43. The molecular weight excluding hydrogens is 230 g/mol. The number of carbonyl (C=O) groups excluding carboxylic acids is 1. The Bertz CT molecular complexity index is 476. The number of nitrogens with one attached hydrogen (secondary N) is 1. The van der Waals surface area contributed by atoms with Crippen LogP contribution in [-0.4, -0.2) is 17.0 Å². The number of rotatable bonds is 3. The van der Waals surface area contributed by atoms with Crippen LogP contribution in [0.5, 0.6) is 0 Å². The van der Waals surface area contributed by atoms with E-state index in [1.165, 1.54) is 0 Å². The lowest BCUT2D eigenvalue weighted by atomic mass is 10.0. The molecule has 1 aromatic carbocycles. The summed E-state index contributed by atoms with van der Waals surface area (Å²) in [5.74, 6) is -0.875. The Balaban J connectivity index is 2.16. The predicted octanol–water partition coefficient (Wildman–Crippen LogP) is 2.82. The van der Waals surface area contributed by atoms with Crippen molar-refractivity contribution in [2.45, 2.75) is 32.6 Å². The van der Waals surface area contributed by atoms with Gasteiger partial charge in [-0.2, -0.15) is 0 Å². The predicted molar refractivity (Wildman–Crippen MR) is 68.7 cm³/mol. The van der Waals surface area contributed by atoms with Gasteiger partial charge in [-0.05, 0) is 37.5 Å². The summed E-state index contributed by atoms with van der Waals surface area (Å²) >= 11 is 0. The first-order valence-electron chi connectivity index (χ1n) is 6.23. The Hall–Kier alpha value is -1.84. The van der Waals surface area contributed by atoms with E-state index < -0.39 is 5.97 Å². The molecule has 0 saturated heterocycles. The fraction of sp³-hybridized carbons (Fsp3) is 0.429. The first-order valence-corrected chi connectivity index (χ1v) is 6.23. The van der Waals surface area contributed by atoms with E-state index >= 15 is 0 Å². The summed E-state index contributed by atoms with van der Waals surface area (Å²) in [7, 11) is 0. The number of carboxylic acid groups (broad SMARTS) is 1. The van der Waals surface area contributed by atoms with Crippen LogP contribution in [0.3, 0.4) is 0 Å². The van der Waals surface area contributed by atoms with Crippen molar-refractivity contribution in [1.82, 2.24) is 0 Å². The van der Waals surface area contributed by atoms with Gasteiger partial charge in [0.2, 0.25) is 5.91 Å². The van der Waals surface area contributed by atoms with Crippen molar-refractivity contribution in [2.24, 2.45) is 5.92 Å². The number of benzene rings is 1. The van der Waals surface area contributed by atoms with E-state index in [1.807, 2.05) is 0 Å². The molecule has 0 unspecified atom stereocenters. The van der Waals surface area contributed by atoms with Gasteiger partial charge in [-0.3, -0.25) is 4.79 Å². The summed E-state index contributed by atoms with van der Waals surface area (Å²) in [4.78, 5) is 23.0. The fourth-order valence-corrected chi connectivity index (χ4v) is 2.43. The first kappa shape index (κ1) is 12.6. The monoisotopic (exact) mass is 247 g/mol. The quantitative estimate of drug-likeness (QED) is 0.863. The summed E-state index contributed by atoms with van der Waals surface area (Å²) in [5, 5.41) is 11.9. The van der Waals surface area contributed by atoms with Gasteiger partial charge in [-0.1, -0.05) is 18.9 Å². The SMILES string of the molecule is Cc1c(NC(=O)C2CCCC2)cccc1C(=O)O. The molecule has 1 fully saturated rings. The number of anilines is 1. The molecule has 0 heterocycles. The van der Waals surface area contributed by atoms with Crippen LogP contribution in [0.15, 0.2) is 18.2 Å². The lowest BCUT2D eigenvalue weighted by molar-refractivity contribution is -0.119. The summed E-state index contributed by atoms with van der Waals surface area (Å²) in [6, 6.07) is 4.94. The van der Waals surface area contributed by atoms with E-state index in [1.54, 1.807) is 25.1 Å². The van der Waals surface area contributed by atoms with Crippen molar-refractivity contribution >= 4 is 17.6 Å². The molecule has 1 aliphatic rings. The van der Waals surface area contributed by atoms with E-state index in [2.05, 4.69) is 5.32 Å². The molecule has 4 heteroatoms. The van der Waals surface area contributed by atoms with E-state index in [0.29, 0.717) is 11.3 Å². The normalized spacial score (nSPS) is 15.6. The zero-order valence-corrected chi connectivity index (χ0v) is 10.4. The molecule has 4 nitrogen and oxygen atoms in total. The molecule has 2 rings (SSSR count). The average molecular weight is 247 g/mol. The molecule has 1 saturated carbocycles. The van der Waals surface area contributed by atoms with Crippen LogP contribution < -0.4 is 5.32 Å². The summed E-state index contributed by atoms with van der Waals surface area (Å²) < 4.78 is 0. The van der Waals surface area contributed by atoms with E-state index in [-0.39, 0.29) is 17.4 Å². The van der Waals surface area contributed by atoms with Crippen LogP contribution in [0.4, 0.5) is 5.69 Å². The Labute approximate surface area is 106 Å². The zero-order valence-electron chi connectivity index (χ0n) is 10.4. The number of aromatic carboxylic acids is 1. The minimum atomic E-state index is -0.968. The smallest absolute Gasteiger partial charge is 0.336 e. The third-order valence-electron chi connectivity index (χ3n) is 3.55. The van der Waals surface area contributed by atoms with Gasteiger partial charge >= 0.3 is 5.97 Å². The highest BCUT2D eigenvalue weighted by atomic mass is 16.4. The molecule has 0 aliphatic heterocycles. The van der Waals surface area contributed by atoms with Gasteiger partial charge in [0.05, 0.1) is 5.56 Å². The topological polar surface area (TPSA) is 66.4 Å². The molecule has 1 aliphatic carbocycles. The van der Waals surface area contributed by atoms with Crippen LogP contribution in [0.2, 0.25) is 0 Å². The maximum absolute atomic E-state index is 12.0. The van der Waals surface area contributed by atoms with E-state index in [9.17, 15) is 9.59 Å². The summed E-state index contributed by atoms with van der Waals surface area (Å²) in [6.07, 6.45) is 4.07. The van der Waals surface area contributed by atoms with Crippen LogP contribution in [-0.2, 0) is 4.79 Å². The standard InChI is InChI=1S/C14H17NO3/c1-9-11(14(17)18)7-4-8-12(9)15-13(16)10-5-2-3-6-10/h4,7-8,10H,2-3,5-6H2,1H3,(H,15,16)(H,17,18). The van der Waals surface area contributed by atoms with Gasteiger partial charge in [-0.15, -0.1) is 0 Å². The minimum Gasteiger partial charge on any atom is -0.478 e. The largest absolute Gasteiger partial charge is 0.478 e. The lowest BCUT2D eigenvalue weighted by Crippen LogP contribution is -2.21. The molecule has 1 amide bonds. The second-order valence-electron chi connectivity index (χ2n) is 4.75. The van der Waals surface area contributed by atoms with Gasteiger partial charge < -0.3 is 10.4 Å². The Kier molecular flexibility index (Phi) is 3.65. The van der Waals surface area contributed by atoms with Crippen LogP contribution in [0.1, 0.15) is 41.6 Å². The first-order chi connectivity index (χ1) is 8.59. The van der Waals surface area contributed by atoms with Crippen molar-refractivity contribution in [3.63, 3.8) is 0 Å². The van der Waals surface area contributed by atoms with Crippen molar-refractivity contribution in [3.05, 3.63) is 29.3 Å². The second-order valence-corrected chi connectivity index (χ2v) is 4.75. The van der Waals surface area contributed by atoms with Gasteiger partial charge in [0.1, 0.15) is 0 Å². The Morgan fingerprint density at radius 2 is 1.94 bits per heavy atom. The van der Waals surface area contributed by atoms with Crippen molar-refractivity contribution < 1.29 is 14.7 Å². The van der Waals surface area contributed by atoms with Gasteiger partial charge in [0.25, 0.3) is 0 Å². The molecule has 0 atom stereocenters. The highest BCUT2D eigenvalue weighted by Gasteiger charge is 2.23. The molecule has 0 spiro atoms. The number of carbonyl (C=O) groups is 2. The van der Waals surface area contributed by atoms with E-state index in [4.69, 9.17) is 5.11 Å². The molecule has 0 bridgehead atoms. The molecule has 0 aromatic heterocycles. The number of hydrogen-bond donors (Lipinski definition) is 2.